The summed E-state index contributed by atoms with van der Waals surface area (Å²) in [6, 6.07) is 9.15. The number of rotatable bonds is 3. The summed E-state index contributed by atoms with van der Waals surface area (Å²) in [5.74, 6) is -0.0769. The summed E-state index contributed by atoms with van der Waals surface area (Å²) in [6.07, 6.45) is 2.72. The lowest BCUT2D eigenvalue weighted by molar-refractivity contribution is 0.102. The van der Waals surface area contributed by atoms with Gasteiger partial charge in [0.15, 0.2) is 0 Å². The Balaban J connectivity index is 2.20. The SMILES string of the molecule is CC(C)c1cccc(NC(=O)c2ccncc2O)c1. The smallest absolute Gasteiger partial charge is 0.259 e. The molecule has 0 radical (unpaired) electrons. The molecule has 0 saturated heterocycles. The number of carbonyl (C=O) groups excluding carboxylic acids is 1. The lowest BCUT2D eigenvalue weighted by Gasteiger charge is -2.10. The van der Waals surface area contributed by atoms with Gasteiger partial charge in [-0.05, 0) is 29.7 Å². The first kappa shape index (κ1) is 13.1. The Morgan fingerprint density at radius 3 is 2.79 bits per heavy atom. The van der Waals surface area contributed by atoms with Crippen molar-refractivity contribution in [3.8, 4) is 5.75 Å². The van der Waals surface area contributed by atoms with E-state index in [-0.39, 0.29) is 17.2 Å². The number of aromatic nitrogens is 1. The van der Waals surface area contributed by atoms with Gasteiger partial charge >= 0.3 is 0 Å². The van der Waals surface area contributed by atoms with E-state index in [1.54, 1.807) is 0 Å². The fourth-order valence-electron chi connectivity index (χ4n) is 1.75. The van der Waals surface area contributed by atoms with Gasteiger partial charge in [0.05, 0.1) is 11.8 Å². The highest BCUT2D eigenvalue weighted by molar-refractivity contribution is 6.06. The van der Waals surface area contributed by atoms with Crippen LogP contribution in [0.1, 0.15) is 35.7 Å². The maximum absolute atomic E-state index is 12.0. The number of aromatic hydroxyl groups is 1. The second-order valence-corrected chi connectivity index (χ2v) is 4.63. The summed E-state index contributed by atoms with van der Waals surface area (Å²) in [5.41, 5.74) is 2.08. The van der Waals surface area contributed by atoms with Crippen LogP contribution in [0.25, 0.3) is 0 Å². The minimum atomic E-state index is -0.346. The van der Waals surface area contributed by atoms with Crippen LogP contribution in [0.4, 0.5) is 5.69 Å². The van der Waals surface area contributed by atoms with Crippen molar-refractivity contribution in [3.63, 3.8) is 0 Å². The number of carbonyl (C=O) groups is 1. The molecule has 0 unspecified atom stereocenters. The molecule has 2 rings (SSSR count). The Labute approximate surface area is 112 Å². The Kier molecular flexibility index (Phi) is 3.80. The Morgan fingerprint density at radius 2 is 2.11 bits per heavy atom. The predicted octanol–water partition coefficient (Wildman–Crippen LogP) is 3.16. The first-order chi connectivity index (χ1) is 9.08. The van der Waals surface area contributed by atoms with Gasteiger partial charge in [0.2, 0.25) is 0 Å². The molecule has 0 aliphatic heterocycles. The number of nitrogens with zero attached hydrogens (tertiary/aromatic N) is 1. The van der Waals surface area contributed by atoms with Gasteiger partial charge in [-0.15, -0.1) is 0 Å². The summed E-state index contributed by atoms with van der Waals surface area (Å²) in [6.45, 7) is 4.19. The first-order valence-electron chi connectivity index (χ1n) is 6.12. The number of pyridine rings is 1. The molecule has 98 valence electrons. The maximum Gasteiger partial charge on any atom is 0.259 e. The third-order valence-corrected chi connectivity index (χ3v) is 2.86. The fourth-order valence-corrected chi connectivity index (χ4v) is 1.75. The molecule has 0 fully saturated rings. The molecule has 2 aromatic rings. The van der Waals surface area contributed by atoms with Crippen molar-refractivity contribution in [3.05, 3.63) is 53.9 Å². The summed E-state index contributed by atoms with van der Waals surface area (Å²) < 4.78 is 0. The summed E-state index contributed by atoms with van der Waals surface area (Å²) in [4.78, 5) is 15.8. The third-order valence-electron chi connectivity index (χ3n) is 2.86. The molecular weight excluding hydrogens is 240 g/mol. The molecule has 0 aliphatic carbocycles. The lowest BCUT2D eigenvalue weighted by atomic mass is 10.0. The van der Waals surface area contributed by atoms with Crippen LogP contribution >= 0.6 is 0 Å². The molecule has 4 heteroatoms. The van der Waals surface area contributed by atoms with E-state index in [1.165, 1.54) is 18.5 Å². The van der Waals surface area contributed by atoms with Crippen LogP contribution in [0.15, 0.2) is 42.7 Å². The minimum absolute atomic E-state index is 0.125. The third kappa shape index (κ3) is 3.10. The number of hydrogen-bond acceptors (Lipinski definition) is 3. The highest BCUT2D eigenvalue weighted by Crippen LogP contribution is 2.20. The highest BCUT2D eigenvalue weighted by atomic mass is 16.3. The largest absolute Gasteiger partial charge is 0.505 e. The van der Waals surface area contributed by atoms with Crippen LogP contribution in [0.5, 0.6) is 5.75 Å². The number of anilines is 1. The average Bonchev–Trinajstić information content (AvgIpc) is 2.39. The Hall–Kier alpha value is -2.36. The van der Waals surface area contributed by atoms with Crippen molar-refractivity contribution in [2.75, 3.05) is 5.32 Å². The van der Waals surface area contributed by atoms with Crippen LogP contribution in [0, 0.1) is 0 Å². The Bertz CT molecular complexity index is 594. The van der Waals surface area contributed by atoms with Crippen molar-refractivity contribution >= 4 is 11.6 Å². The topological polar surface area (TPSA) is 62.2 Å². The predicted molar refractivity (Wildman–Crippen MR) is 74.4 cm³/mol. The second kappa shape index (κ2) is 5.52. The fraction of sp³-hybridized carbons (Fsp3) is 0.200. The normalized spacial score (nSPS) is 10.5. The van der Waals surface area contributed by atoms with Gasteiger partial charge in [0.25, 0.3) is 5.91 Å². The zero-order valence-corrected chi connectivity index (χ0v) is 10.9. The molecule has 1 heterocycles. The Morgan fingerprint density at radius 1 is 1.32 bits per heavy atom. The van der Waals surface area contributed by atoms with Crippen LogP contribution < -0.4 is 5.32 Å². The van der Waals surface area contributed by atoms with E-state index in [0.29, 0.717) is 11.6 Å². The zero-order valence-electron chi connectivity index (χ0n) is 10.9. The zero-order chi connectivity index (χ0) is 13.8. The van der Waals surface area contributed by atoms with Crippen LogP contribution in [-0.4, -0.2) is 16.0 Å². The van der Waals surface area contributed by atoms with Crippen molar-refractivity contribution in [1.29, 1.82) is 0 Å². The van der Waals surface area contributed by atoms with Gasteiger partial charge < -0.3 is 10.4 Å². The number of nitrogens with one attached hydrogen (secondary N) is 1. The number of benzene rings is 1. The number of hydrogen-bond donors (Lipinski definition) is 2. The van der Waals surface area contributed by atoms with Crippen molar-refractivity contribution < 1.29 is 9.90 Å². The van der Waals surface area contributed by atoms with E-state index < -0.39 is 0 Å². The van der Waals surface area contributed by atoms with Gasteiger partial charge in [-0.1, -0.05) is 26.0 Å². The highest BCUT2D eigenvalue weighted by Gasteiger charge is 2.11. The van der Waals surface area contributed by atoms with Crippen LogP contribution in [0.2, 0.25) is 0 Å². The summed E-state index contributed by atoms with van der Waals surface area (Å²) in [5, 5.41) is 12.3. The van der Waals surface area contributed by atoms with Gasteiger partial charge in [0, 0.05) is 11.9 Å². The monoisotopic (exact) mass is 256 g/mol. The van der Waals surface area contributed by atoms with E-state index in [2.05, 4.69) is 24.1 Å². The molecule has 0 saturated carbocycles. The van der Waals surface area contributed by atoms with E-state index in [4.69, 9.17) is 0 Å². The quantitative estimate of drug-likeness (QED) is 0.886. The van der Waals surface area contributed by atoms with Gasteiger partial charge in [-0.25, -0.2) is 0 Å². The molecule has 4 nitrogen and oxygen atoms in total. The average molecular weight is 256 g/mol. The molecular formula is C15H16N2O2. The molecule has 0 spiro atoms. The van der Waals surface area contributed by atoms with E-state index in [1.807, 2.05) is 24.3 Å². The van der Waals surface area contributed by atoms with Crippen molar-refractivity contribution in [2.24, 2.45) is 0 Å². The minimum Gasteiger partial charge on any atom is -0.505 e. The molecule has 0 atom stereocenters. The van der Waals surface area contributed by atoms with Gasteiger partial charge in [-0.3, -0.25) is 9.78 Å². The lowest BCUT2D eigenvalue weighted by Crippen LogP contribution is -2.12. The van der Waals surface area contributed by atoms with Crippen LogP contribution in [0.3, 0.4) is 0 Å². The summed E-state index contributed by atoms with van der Waals surface area (Å²) in [7, 11) is 0. The molecule has 1 amide bonds. The van der Waals surface area contributed by atoms with E-state index in [0.717, 1.165) is 5.56 Å². The number of amides is 1. The summed E-state index contributed by atoms with van der Waals surface area (Å²) >= 11 is 0. The van der Waals surface area contributed by atoms with Gasteiger partial charge in [-0.2, -0.15) is 0 Å². The van der Waals surface area contributed by atoms with Crippen molar-refractivity contribution in [1.82, 2.24) is 4.98 Å². The first-order valence-corrected chi connectivity index (χ1v) is 6.12. The molecule has 0 bridgehead atoms. The standard InChI is InChI=1S/C15H16N2O2/c1-10(2)11-4-3-5-12(8-11)17-15(19)13-6-7-16-9-14(13)18/h3-10,18H,1-2H3,(H,17,19). The van der Waals surface area contributed by atoms with Gasteiger partial charge in [0.1, 0.15) is 5.75 Å². The second-order valence-electron chi connectivity index (χ2n) is 4.63. The molecule has 0 aliphatic rings. The molecule has 1 aromatic carbocycles. The van der Waals surface area contributed by atoms with E-state index >= 15 is 0 Å². The molecule has 2 N–H and O–H groups in total. The van der Waals surface area contributed by atoms with Crippen LogP contribution in [-0.2, 0) is 0 Å². The maximum atomic E-state index is 12.0. The van der Waals surface area contributed by atoms with E-state index in [9.17, 15) is 9.90 Å². The molecule has 19 heavy (non-hydrogen) atoms. The molecule has 1 aromatic heterocycles. The van der Waals surface area contributed by atoms with Crippen molar-refractivity contribution in [2.45, 2.75) is 19.8 Å².